The van der Waals surface area contributed by atoms with Crippen LogP contribution in [-0.2, 0) is 6.42 Å². The third-order valence-electron chi connectivity index (χ3n) is 10.5. The standard InChI is InChI=1S/C40H40F2N8O3/c41-29-10-15-36-46-35(25-48(36)24-29)38(51)45-31-11-13-32(14-12-31)50-39(52)34-22-30(42)23-44-37(34)49(40(50)53)33-5-1-4-28(21-33)27-8-6-26(7-9-27)3-2-18-47-19-16-43-17-20-47/h1,4-10,15,21-25,31-32,43H,2-3,11-14,16-20H2,(H,45,51). The first-order valence-electron chi connectivity index (χ1n) is 18.2. The quantitative estimate of drug-likeness (QED) is 0.219. The lowest BCUT2D eigenvalue weighted by Crippen LogP contribution is -2.45. The van der Waals surface area contributed by atoms with E-state index in [4.69, 9.17) is 0 Å². The second-order valence-electron chi connectivity index (χ2n) is 14.0. The highest BCUT2D eigenvalue weighted by Crippen LogP contribution is 2.29. The van der Waals surface area contributed by atoms with Crippen molar-refractivity contribution in [2.45, 2.75) is 50.6 Å². The molecule has 1 saturated carbocycles. The minimum absolute atomic E-state index is 0.0129. The second kappa shape index (κ2) is 14.8. The van der Waals surface area contributed by atoms with E-state index in [-0.39, 0.29) is 28.7 Å². The Labute approximate surface area is 303 Å². The summed E-state index contributed by atoms with van der Waals surface area (Å²) in [6, 6.07) is 19.2. The molecule has 2 N–H and O–H groups in total. The minimum atomic E-state index is -0.672. The van der Waals surface area contributed by atoms with E-state index in [1.807, 2.05) is 18.2 Å². The number of carbonyl (C=O) groups is 1. The number of fused-ring (bicyclic) bond motifs is 2. The lowest BCUT2D eigenvalue weighted by atomic mass is 9.90. The van der Waals surface area contributed by atoms with Crippen LogP contribution in [0.2, 0.25) is 0 Å². The Morgan fingerprint density at radius 3 is 2.47 bits per heavy atom. The fourth-order valence-electron chi connectivity index (χ4n) is 7.68. The number of aryl methyl sites for hydroxylation is 1. The van der Waals surface area contributed by atoms with Crippen LogP contribution < -0.4 is 21.9 Å². The van der Waals surface area contributed by atoms with Gasteiger partial charge in [0.2, 0.25) is 0 Å². The van der Waals surface area contributed by atoms with Crippen molar-refractivity contribution < 1.29 is 13.6 Å². The van der Waals surface area contributed by atoms with Gasteiger partial charge in [0.05, 0.1) is 17.3 Å². The summed E-state index contributed by atoms with van der Waals surface area (Å²) in [5.74, 6) is -1.49. The molecule has 1 aliphatic heterocycles. The Morgan fingerprint density at radius 1 is 0.887 bits per heavy atom. The van der Waals surface area contributed by atoms with Gasteiger partial charge >= 0.3 is 5.69 Å². The van der Waals surface area contributed by atoms with Gasteiger partial charge in [-0.1, -0.05) is 36.4 Å². The number of pyridine rings is 2. The first kappa shape index (κ1) is 34.6. The lowest BCUT2D eigenvalue weighted by molar-refractivity contribution is 0.0917. The van der Waals surface area contributed by atoms with Crippen LogP contribution in [0, 0.1) is 11.6 Å². The summed E-state index contributed by atoms with van der Waals surface area (Å²) in [7, 11) is 0. The number of imidazole rings is 1. The summed E-state index contributed by atoms with van der Waals surface area (Å²) < 4.78 is 32.3. The van der Waals surface area contributed by atoms with Crippen LogP contribution >= 0.6 is 0 Å². The molecule has 11 nitrogen and oxygen atoms in total. The van der Waals surface area contributed by atoms with Crippen LogP contribution in [0.25, 0.3) is 33.5 Å². The first-order valence-corrected chi connectivity index (χ1v) is 18.2. The molecule has 53 heavy (non-hydrogen) atoms. The molecule has 2 fully saturated rings. The van der Waals surface area contributed by atoms with E-state index < -0.39 is 28.9 Å². The molecule has 0 bridgehead atoms. The lowest BCUT2D eigenvalue weighted by Gasteiger charge is -2.30. The molecule has 2 aliphatic rings. The Bertz CT molecular complexity index is 2410. The van der Waals surface area contributed by atoms with Gasteiger partial charge in [0.15, 0.2) is 5.65 Å². The molecule has 0 radical (unpaired) electrons. The number of rotatable bonds is 9. The molecular formula is C40H40F2N8O3. The fourth-order valence-corrected chi connectivity index (χ4v) is 7.68. The van der Waals surface area contributed by atoms with E-state index in [1.165, 1.54) is 43.6 Å². The van der Waals surface area contributed by atoms with Crippen LogP contribution in [0.4, 0.5) is 8.78 Å². The maximum Gasteiger partial charge on any atom is 0.337 e. The topological polar surface area (TPSA) is 119 Å². The van der Waals surface area contributed by atoms with Gasteiger partial charge in [-0.2, -0.15) is 0 Å². The normalized spacial score (nSPS) is 18.1. The minimum Gasteiger partial charge on any atom is -0.348 e. The van der Waals surface area contributed by atoms with Gasteiger partial charge in [-0.05, 0) is 92.1 Å². The number of carbonyl (C=O) groups excluding carboxylic acids is 1. The van der Waals surface area contributed by atoms with Gasteiger partial charge in [-0.3, -0.25) is 14.2 Å². The zero-order valence-corrected chi connectivity index (χ0v) is 29.2. The summed E-state index contributed by atoms with van der Waals surface area (Å²) in [4.78, 5) is 52.2. The number of amides is 1. The van der Waals surface area contributed by atoms with Gasteiger partial charge in [-0.25, -0.2) is 28.1 Å². The predicted molar refractivity (Wildman–Crippen MR) is 199 cm³/mol. The van der Waals surface area contributed by atoms with Crippen molar-refractivity contribution in [2.24, 2.45) is 0 Å². The zero-order valence-electron chi connectivity index (χ0n) is 29.2. The molecule has 2 aromatic carbocycles. The van der Waals surface area contributed by atoms with E-state index in [1.54, 1.807) is 6.07 Å². The second-order valence-corrected chi connectivity index (χ2v) is 14.0. The van der Waals surface area contributed by atoms with E-state index in [9.17, 15) is 23.2 Å². The van der Waals surface area contributed by atoms with Crippen molar-refractivity contribution >= 4 is 22.6 Å². The van der Waals surface area contributed by atoms with Crippen LogP contribution in [0.15, 0.2) is 94.9 Å². The molecule has 13 heteroatoms. The first-order chi connectivity index (χ1) is 25.8. The number of benzene rings is 2. The predicted octanol–water partition coefficient (Wildman–Crippen LogP) is 4.89. The maximum absolute atomic E-state index is 14.5. The van der Waals surface area contributed by atoms with Crippen molar-refractivity contribution in [3.8, 4) is 16.8 Å². The van der Waals surface area contributed by atoms with Crippen molar-refractivity contribution in [2.75, 3.05) is 32.7 Å². The van der Waals surface area contributed by atoms with Crippen LogP contribution in [0.1, 0.15) is 54.2 Å². The van der Waals surface area contributed by atoms with Gasteiger partial charge in [0.25, 0.3) is 11.5 Å². The van der Waals surface area contributed by atoms with Gasteiger partial charge in [0, 0.05) is 50.7 Å². The van der Waals surface area contributed by atoms with E-state index in [2.05, 4.69) is 49.8 Å². The summed E-state index contributed by atoms with van der Waals surface area (Å²) in [5, 5.41) is 6.40. The molecule has 8 rings (SSSR count). The molecule has 5 heterocycles. The zero-order chi connectivity index (χ0) is 36.5. The van der Waals surface area contributed by atoms with Crippen molar-refractivity contribution in [1.82, 2.24) is 39.0 Å². The number of nitrogens with zero attached hydrogens (tertiary/aromatic N) is 6. The van der Waals surface area contributed by atoms with Crippen LogP contribution in [-0.4, -0.2) is 73.1 Å². The Balaban J connectivity index is 1.02. The largest absolute Gasteiger partial charge is 0.348 e. The van der Waals surface area contributed by atoms with Crippen molar-refractivity contribution in [3.05, 3.63) is 129 Å². The number of piperazine rings is 1. The number of aromatic nitrogens is 5. The molecule has 6 aromatic rings. The monoisotopic (exact) mass is 718 g/mol. The van der Waals surface area contributed by atoms with Crippen molar-refractivity contribution in [3.63, 3.8) is 0 Å². The van der Waals surface area contributed by atoms with Gasteiger partial charge < -0.3 is 19.9 Å². The van der Waals surface area contributed by atoms with E-state index >= 15 is 0 Å². The molecular weight excluding hydrogens is 678 g/mol. The molecule has 0 unspecified atom stereocenters. The van der Waals surface area contributed by atoms with Crippen LogP contribution in [0.3, 0.4) is 0 Å². The third-order valence-corrected chi connectivity index (χ3v) is 10.5. The molecule has 1 saturated heterocycles. The highest BCUT2D eigenvalue weighted by molar-refractivity contribution is 5.93. The van der Waals surface area contributed by atoms with Crippen molar-refractivity contribution in [1.29, 1.82) is 0 Å². The summed E-state index contributed by atoms with van der Waals surface area (Å²) in [6.45, 7) is 5.36. The number of halogens is 2. The summed E-state index contributed by atoms with van der Waals surface area (Å²) >= 11 is 0. The Kier molecular flexibility index (Phi) is 9.67. The third kappa shape index (κ3) is 7.26. The number of hydrogen-bond acceptors (Lipinski definition) is 7. The highest BCUT2D eigenvalue weighted by atomic mass is 19.1. The molecule has 272 valence electrons. The molecule has 4 aromatic heterocycles. The van der Waals surface area contributed by atoms with E-state index in [0.717, 1.165) is 69.0 Å². The molecule has 0 spiro atoms. The maximum atomic E-state index is 14.5. The highest BCUT2D eigenvalue weighted by Gasteiger charge is 2.29. The van der Waals surface area contributed by atoms with Gasteiger partial charge in [0.1, 0.15) is 23.0 Å². The molecule has 0 atom stereocenters. The SMILES string of the molecule is O=C(NC1CCC(n2c(=O)c3cc(F)cnc3n(-c3cccc(-c4ccc(CCCN5CCNCC5)cc4)c3)c2=O)CC1)c1cn2cc(F)ccc2n1. The smallest absolute Gasteiger partial charge is 0.337 e. The summed E-state index contributed by atoms with van der Waals surface area (Å²) in [5.41, 5.74) is 3.21. The average molecular weight is 719 g/mol. The van der Waals surface area contributed by atoms with E-state index in [0.29, 0.717) is 37.0 Å². The Morgan fingerprint density at radius 2 is 1.68 bits per heavy atom. The molecule has 1 amide bonds. The molecule has 1 aliphatic carbocycles. The fraction of sp³-hybridized carbons (Fsp3) is 0.325. The van der Waals surface area contributed by atoms with Crippen LogP contribution in [0.5, 0.6) is 0 Å². The number of nitrogens with one attached hydrogen (secondary N) is 2. The number of hydrogen-bond donors (Lipinski definition) is 2. The Hall–Kier alpha value is -5.53. The van der Waals surface area contributed by atoms with Gasteiger partial charge in [-0.15, -0.1) is 0 Å². The average Bonchev–Trinajstić information content (AvgIpc) is 3.60. The summed E-state index contributed by atoms with van der Waals surface area (Å²) in [6.07, 6.45) is 7.72.